The second-order valence-corrected chi connectivity index (χ2v) is 4.53. The van der Waals surface area contributed by atoms with E-state index in [9.17, 15) is 4.79 Å². The van der Waals surface area contributed by atoms with Crippen molar-refractivity contribution in [3.8, 4) is 0 Å². The molecular weight excluding hydrogens is 202 g/mol. The van der Waals surface area contributed by atoms with Crippen molar-refractivity contribution >= 4 is 5.91 Å². The molecule has 1 saturated heterocycles. The summed E-state index contributed by atoms with van der Waals surface area (Å²) < 4.78 is 0. The molecule has 0 spiro atoms. The van der Waals surface area contributed by atoms with Gasteiger partial charge >= 0.3 is 0 Å². The van der Waals surface area contributed by atoms with Crippen LogP contribution in [0.2, 0.25) is 0 Å². The van der Waals surface area contributed by atoms with E-state index in [1.165, 1.54) is 0 Å². The van der Waals surface area contributed by atoms with Gasteiger partial charge in [0, 0.05) is 18.6 Å². The number of carbonyl (C=O) groups excluding carboxylic acids is 1. The number of carbonyl (C=O) groups is 1. The molecule has 0 aliphatic carbocycles. The first-order chi connectivity index (χ1) is 7.67. The summed E-state index contributed by atoms with van der Waals surface area (Å²) in [7, 11) is 0. The van der Waals surface area contributed by atoms with Gasteiger partial charge in [0.25, 0.3) is 0 Å². The predicted octanol–water partition coefficient (Wildman–Crippen LogP) is 0.585. The van der Waals surface area contributed by atoms with E-state index in [0.29, 0.717) is 25.2 Å². The molecule has 4 nitrogen and oxygen atoms in total. The highest BCUT2D eigenvalue weighted by Gasteiger charge is 2.23. The van der Waals surface area contributed by atoms with Crippen molar-refractivity contribution in [2.45, 2.75) is 45.7 Å². The highest BCUT2D eigenvalue weighted by molar-refractivity contribution is 5.77. The number of likely N-dealkylation sites (tertiary alicyclic amines) is 1. The summed E-state index contributed by atoms with van der Waals surface area (Å²) in [6.45, 7) is 9.86. The number of hydrogen-bond donors (Lipinski definition) is 2. The van der Waals surface area contributed by atoms with Crippen LogP contribution < -0.4 is 10.6 Å². The van der Waals surface area contributed by atoms with E-state index in [4.69, 9.17) is 0 Å². The molecule has 1 rings (SSSR count). The van der Waals surface area contributed by atoms with E-state index < -0.39 is 0 Å². The van der Waals surface area contributed by atoms with Crippen molar-refractivity contribution in [3.05, 3.63) is 0 Å². The molecule has 0 saturated carbocycles. The fourth-order valence-electron chi connectivity index (χ4n) is 2.37. The zero-order valence-corrected chi connectivity index (χ0v) is 10.8. The average molecular weight is 227 g/mol. The standard InChI is InChI=1S/C12H25N3O/c1-4-13-12(16)9-14-11-6-7-15(5-2)10(3)8-11/h10-11,14H,4-9H2,1-3H3,(H,13,16). The number of nitrogens with one attached hydrogen (secondary N) is 2. The third-order valence-corrected chi connectivity index (χ3v) is 3.35. The minimum Gasteiger partial charge on any atom is -0.355 e. The molecule has 94 valence electrons. The van der Waals surface area contributed by atoms with E-state index >= 15 is 0 Å². The molecule has 1 amide bonds. The van der Waals surface area contributed by atoms with Crippen molar-refractivity contribution in [2.24, 2.45) is 0 Å². The smallest absolute Gasteiger partial charge is 0.233 e. The number of piperidine rings is 1. The van der Waals surface area contributed by atoms with Crippen LogP contribution in [0.3, 0.4) is 0 Å². The number of nitrogens with zero attached hydrogens (tertiary/aromatic N) is 1. The van der Waals surface area contributed by atoms with Crippen LogP contribution in [0, 0.1) is 0 Å². The summed E-state index contributed by atoms with van der Waals surface area (Å²) in [6.07, 6.45) is 2.30. The Balaban J connectivity index is 2.22. The lowest BCUT2D eigenvalue weighted by atomic mass is 9.98. The molecule has 2 atom stereocenters. The maximum Gasteiger partial charge on any atom is 0.233 e. The molecule has 0 aromatic rings. The summed E-state index contributed by atoms with van der Waals surface area (Å²) in [5, 5.41) is 6.15. The molecule has 16 heavy (non-hydrogen) atoms. The van der Waals surface area contributed by atoms with Crippen LogP contribution in [0.25, 0.3) is 0 Å². The normalized spacial score (nSPS) is 26.7. The first kappa shape index (κ1) is 13.5. The Morgan fingerprint density at radius 1 is 1.44 bits per heavy atom. The lowest BCUT2D eigenvalue weighted by molar-refractivity contribution is -0.120. The zero-order chi connectivity index (χ0) is 12.0. The van der Waals surface area contributed by atoms with Crippen molar-refractivity contribution in [1.29, 1.82) is 0 Å². The summed E-state index contributed by atoms with van der Waals surface area (Å²) in [5.74, 6) is 0.105. The fourth-order valence-corrected chi connectivity index (χ4v) is 2.37. The van der Waals surface area contributed by atoms with E-state index in [1.807, 2.05) is 6.92 Å². The van der Waals surface area contributed by atoms with Crippen LogP contribution in [0.15, 0.2) is 0 Å². The van der Waals surface area contributed by atoms with Gasteiger partial charge in [-0.3, -0.25) is 4.79 Å². The summed E-state index contributed by atoms with van der Waals surface area (Å²) in [4.78, 5) is 13.8. The molecule has 1 aliphatic rings. The summed E-state index contributed by atoms with van der Waals surface area (Å²) >= 11 is 0. The largest absolute Gasteiger partial charge is 0.355 e. The maximum absolute atomic E-state index is 11.3. The molecule has 0 aromatic heterocycles. The van der Waals surface area contributed by atoms with Gasteiger partial charge < -0.3 is 15.5 Å². The lowest BCUT2D eigenvalue weighted by Gasteiger charge is -2.37. The molecule has 1 heterocycles. The van der Waals surface area contributed by atoms with E-state index in [0.717, 1.165) is 25.9 Å². The fraction of sp³-hybridized carbons (Fsp3) is 0.917. The number of rotatable bonds is 5. The van der Waals surface area contributed by atoms with Gasteiger partial charge in [-0.15, -0.1) is 0 Å². The number of hydrogen-bond acceptors (Lipinski definition) is 3. The number of amides is 1. The molecular formula is C12H25N3O. The second-order valence-electron chi connectivity index (χ2n) is 4.53. The van der Waals surface area contributed by atoms with Gasteiger partial charge in [0.2, 0.25) is 5.91 Å². The van der Waals surface area contributed by atoms with Gasteiger partial charge in [0.05, 0.1) is 6.54 Å². The van der Waals surface area contributed by atoms with E-state index in [1.54, 1.807) is 0 Å². The van der Waals surface area contributed by atoms with E-state index in [-0.39, 0.29) is 5.91 Å². The molecule has 1 aliphatic heterocycles. The van der Waals surface area contributed by atoms with Gasteiger partial charge in [-0.25, -0.2) is 0 Å². The first-order valence-corrected chi connectivity index (χ1v) is 6.41. The highest BCUT2D eigenvalue weighted by Crippen LogP contribution is 2.16. The molecule has 4 heteroatoms. The third kappa shape index (κ3) is 4.10. The van der Waals surface area contributed by atoms with Crippen molar-refractivity contribution in [1.82, 2.24) is 15.5 Å². The van der Waals surface area contributed by atoms with Crippen LogP contribution >= 0.6 is 0 Å². The quantitative estimate of drug-likeness (QED) is 0.722. The van der Waals surface area contributed by atoms with Crippen molar-refractivity contribution in [2.75, 3.05) is 26.2 Å². The number of likely N-dealkylation sites (N-methyl/N-ethyl adjacent to an activating group) is 1. The monoisotopic (exact) mass is 227 g/mol. The minimum absolute atomic E-state index is 0.105. The van der Waals surface area contributed by atoms with Gasteiger partial charge in [0.15, 0.2) is 0 Å². The Bertz CT molecular complexity index is 220. The minimum atomic E-state index is 0.105. The average Bonchev–Trinajstić information content (AvgIpc) is 2.27. The Morgan fingerprint density at radius 2 is 2.19 bits per heavy atom. The van der Waals surface area contributed by atoms with Crippen LogP contribution in [-0.2, 0) is 4.79 Å². The Hall–Kier alpha value is -0.610. The van der Waals surface area contributed by atoms with Crippen LogP contribution in [0.1, 0.15) is 33.6 Å². The molecule has 1 fully saturated rings. The van der Waals surface area contributed by atoms with E-state index in [2.05, 4.69) is 29.4 Å². The Morgan fingerprint density at radius 3 is 2.75 bits per heavy atom. The highest BCUT2D eigenvalue weighted by atomic mass is 16.1. The summed E-state index contributed by atoms with van der Waals surface area (Å²) in [6, 6.07) is 1.13. The molecule has 0 bridgehead atoms. The lowest BCUT2D eigenvalue weighted by Crippen LogP contribution is -2.49. The third-order valence-electron chi connectivity index (χ3n) is 3.35. The molecule has 0 aromatic carbocycles. The van der Waals surface area contributed by atoms with Crippen LogP contribution in [0.5, 0.6) is 0 Å². The maximum atomic E-state index is 11.3. The van der Waals surface area contributed by atoms with Crippen LogP contribution in [0.4, 0.5) is 0 Å². The molecule has 0 radical (unpaired) electrons. The van der Waals surface area contributed by atoms with Crippen molar-refractivity contribution in [3.63, 3.8) is 0 Å². The first-order valence-electron chi connectivity index (χ1n) is 6.41. The second kappa shape index (κ2) is 6.86. The zero-order valence-electron chi connectivity index (χ0n) is 10.8. The van der Waals surface area contributed by atoms with Crippen LogP contribution in [-0.4, -0.2) is 49.1 Å². The SMILES string of the molecule is CCNC(=O)CNC1CCN(CC)C(C)C1. The van der Waals surface area contributed by atoms with Gasteiger partial charge in [-0.05, 0) is 39.8 Å². The van der Waals surface area contributed by atoms with Gasteiger partial charge in [-0.1, -0.05) is 6.92 Å². The van der Waals surface area contributed by atoms with Gasteiger partial charge in [-0.2, -0.15) is 0 Å². The predicted molar refractivity (Wildman–Crippen MR) is 66.4 cm³/mol. The van der Waals surface area contributed by atoms with Crippen molar-refractivity contribution < 1.29 is 4.79 Å². The Labute approximate surface area is 98.8 Å². The van der Waals surface area contributed by atoms with Gasteiger partial charge in [0.1, 0.15) is 0 Å². The Kier molecular flexibility index (Phi) is 5.77. The summed E-state index contributed by atoms with van der Waals surface area (Å²) in [5.41, 5.74) is 0. The molecule has 2 unspecified atom stereocenters. The topological polar surface area (TPSA) is 44.4 Å². The molecule has 2 N–H and O–H groups in total.